The van der Waals surface area contributed by atoms with Gasteiger partial charge in [-0.05, 0) is 31.7 Å². The fourth-order valence-corrected chi connectivity index (χ4v) is 1.83. The minimum atomic E-state index is -1.10. The largest absolute Gasteiger partial charge is 0.494 e. The molecule has 1 aromatic carbocycles. The second-order valence-corrected chi connectivity index (χ2v) is 4.06. The Hall–Kier alpha value is -2.08. The maximum atomic E-state index is 11.3. The van der Waals surface area contributed by atoms with E-state index in [-0.39, 0.29) is 6.54 Å². The van der Waals surface area contributed by atoms with Gasteiger partial charge in [0.15, 0.2) is 0 Å². The molecular formula is C13H17NO5. The molecule has 0 bridgehead atoms. The van der Waals surface area contributed by atoms with Crippen LogP contribution in [0.15, 0.2) is 24.3 Å². The molecule has 104 valence electrons. The number of nitrogens with zero attached hydrogens (tertiary/aromatic N) is 1. The fraction of sp³-hybridized carbons (Fsp3) is 0.385. The van der Waals surface area contributed by atoms with Crippen LogP contribution in [-0.2, 0) is 9.59 Å². The van der Waals surface area contributed by atoms with E-state index >= 15 is 0 Å². The van der Waals surface area contributed by atoms with Crippen molar-refractivity contribution >= 4 is 11.9 Å². The molecule has 0 saturated carbocycles. The Labute approximate surface area is 111 Å². The number of hydrogen-bond acceptors (Lipinski definition) is 4. The van der Waals surface area contributed by atoms with Crippen LogP contribution in [0.25, 0.3) is 0 Å². The molecule has 0 fully saturated rings. The van der Waals surface area contributed by atoms with Gasteiger partial charge in [0.25, 0.3) is 0 Å². The van der Waals surface area contributed by atoms with Gasteiger partial charge in [0, 0.05) is 0 Å². The van der Waals surface area contributed by atoms with E-state index in [1.54, 1.807) is 24.3 Å². The summed E-state index contributed by atoms with van der Waals surface area (Å²) in [6, 6.07) is 5.64. The van der Waals surface area contributed by atoms with Gasteiger partial charge in [0.1, 0.15) is 11.8 Å². The molecular weight excluding hydrogens is 250 g/mol. The minimum Gasteiger partial charge on any atom is -0.494 e. The van der Waals surface area contributed by atoms with Crippen molar-refractivity contribution in [3.8, 4) is 5.75 Å². The average molecular weight is 267 g/mol. The first kappa shape index (κ1) is 15.0. The van der Waals surface area contributed by atoms with Crippen LogP contribution >= 0.6 is 0 Å². The zero-order chi connectivity index (χ0) is 14.4. The summed E-state index contributed by atoms with van der Waals surface area (Å²) in [5, 5.41) is 18.0. The number of carbonyl (C=O) groups is 2. The van der Waals surface area contributed by atoms with Crippen molar-refractivity contribution in [2.45, 2.75) is 13.0 Å². The van der Waals surface area contributed by atoms with Crippen LogP contribution < -0.4 is 4.74 Å². The van der Waals surface area contributed by atoms with Gasteiger partial charge >= 0.3 is 11.9 Å². The number of rotatable bonds is 7. The third kappa shape index (κ3) is 4.26. The summed E-state index contributed by atoms with van der Waals surface area (Å²) >= 11 is 0. The lowest BCUT2D eigenvalue weighted by molar-refractivity contribution is -0.145. The van der Waals surface area contributed by atoms with E-state index in [1.165, 1.54) is 11.9 Å². The molecule has 1 aromatic rings. The van der Waals surface area contributed by atoms with E-state index in [2.05, 4.69) is 0 Å². The SMILES string of the molecule is CCOc1cccc(C(C(=O)O)N(C)CC(=O)O)c1. The van der Waals surface area contributed by atoms with Crippen LogP contribution in [0, 0.1) is 0 Å². The van der Waals surface area contributed by atoms with E-state index in [4.69, 9.17) is 9.84 Å². The van der Waals surface area contributed by atoms with Crippen molar-refractivity contribution < 1.29 is 24.5 Å². The maximum Gasteiger partial charge on any atom is 0.325 e. The highest BCUT2D eigenvalue weighted by Gasteiger charge is 2.26. The van der Waals surface area contributed by atoms with Crippen LogP contribution in [0.3, 0.4) is 0 Å². The molecule has 0 aliphatic carbocycles. The number of aliphatic carboxylic acids is 2. The quantitative estimate of drug-likeness (QED) is 0.772. The van der Waals surface area contributed by atoms with Crippen LogP contribution in [0.1, 0.15) is 18.5 Å². The van der Waals surface area contributed by atoms with E-state index in [0.717, 1.165) is 0 Å². The van der Waals surface area contributed by atoms with E-state index in [0.29, 0.717) is 17.9 Å². The molecule has 0 heterocycles. The highest BCUT2D eigenvalue weighted by molar-refractivity contribution is 5.77. The van der Waals surface area contributed by atoms with Crippen molar-refractivity contribution in [2.24, 2.45) is 0 Å². The molecule has 1 rings (SSSR count). The zero-order valence-electron chi connectivity index (χ0n) is 10.9. The summed E-state index contributed by atoms with van der Waals surface area (Å²) in [6.45, 7) is 1.96. The van der Waals surface area contributed by atoms with E-state index in [1.807, 2.05) is 6.92 Å². The number of ether oxygens (including phenoxy) is 1. The molecule has 1 unspecified atom stereocenters. The van der Waals surface area contributed by atoms with Gasteiger partial charge in [0.05, 0.1) is 13.2 Å². The van der Waals surface area contributed by atoms with Crippen LogP contribution in [0.2, 0.25) is 0 Å². The lowest BCUT2D eigenvalue weighted by atomic mass is 10.1. The van der Waals surface area contributed by atoms with Crippen molar-refractivity contribution in [2.75, 3.05) is 20.2 Å². The Morgan fingerprint density at radius 2 is 2.05 bits per heavy atom. The lowest BCUT2D eigenvalue weighted by Gasteiger charge is -2.23. The maximum absolute atomic E-state index is 11.3. The first-order chi connectivity index (χ1) is 8.95. The smallest absolute Gasteiger partial charge is 0.325 e. The fourth-order valence-electron chi connectivity index (χ4n) is 1.83. The summed E-state index contributed by atoms with van der Waals surface area (Å²) in [4.78, 5) is 23.3. The minimum absolute atomic E-state index is 0.351. The molecule has 1 atom stereocenters. The lowest BCUT2D eigenvalue weighted by Crippen LogP contribution is -2.34. The van der Waals surface area contributed by atoms with Crippen LogP contribution in [0.5, 0.6) is 5.75 Å². The van der Waals surface area contributed by atoms with Gasteiger partial charge < -0.3 is 14.9 Å². The molecule has 19 heavy (non-hydrogen) atoms. The average Bonchev–Trinajstić information content (AvgIpc) is 2.28. The zero-order valence-corrected chi connectivity index (χ0v) is 10.9. The van der Waals surface area contributed by atoms with Gasteiger partial charge in [-0.3, -0.25) is 14.5 Å². The molecule has 0 aliphatic heterocycles. The standard InChI is InChI=1S/C13H17NO5/c1-3-19-10-6-4-5-9(7-10)12(13(17)18)14(2)8-11(15)16/h4-7,12H,3,8H2,1-2H3,(H,15,16)(H,17,18). The van der Waals surface area contributed by atoms with E-state index in [9.17, 15) is 14.7 Å². The monoisotopic (exact) mass is 267 g/mol. The Balaban J connectivity index is 3.01. The van der Waals surface area contributed by atoms with Crippen LogP contribution in [0.4, 0.5) is 0 Å². The summed E-state index contributed by atoms with van der Waals surface area (Å²) in [6.07, 6.45) is 0. The summed E-state index contributed by atoms with van der Waals surface area (Å²) in [5.41, 5.74) is 0.488. The number of carboxylic acids is 2. The molecule has 0 spiro atoms. The van der Waals surface area contributed by atoms with Crippen molar-refractivity contribution in [1.29, 1.82) is 0 Å². The van der Waals surface area contributed by atoms with Gasteiger partial charge in [-0.25, -0.2) is 0 Å². The van der Waals surface area contributed by atoms with Crippen molar-refractivity contribution in [1.82, 2.24) is 4.90 Å². The van der Waals surface area contributed by atoms with Gasteiger partial charge in [-0.1, -0.05) is 12.1 Å². The molecule has 6 heteroatoms. The Morgan fingerprint density at radius 1 is 1.37 bits per heavy atom. The predicted octanol–water partition coefficient (Wildman–Crippen LogP) is 1.23. The first-order valence-electron chi connectivity index (χ1n) is 5.83. The third-order valence-electron chi connectivity index (χ3n) is 2.54. The molecule has 0 amide bonds. The Bertz CT molecular complexity index is 460. The predicted molar refractivity (Wildman–Crippen MR) is 68.3 cm³/mol. The van der Waals surface area contributed by atoms with Crippen molar-refractivity contribution in [3.63, 3.8) is 0 Å². The summed E-state index contributed by atoms with van der Waals surface area (Å²) in [5.74, 6) is -1.61. The molecule has 6 nitrogen and oxygen atoms in total. The normalized spacial score (nSPS) is 12.2. The van der Waals surface area contributed by atoms with E-state index < -0.39 is 18.0 Å². The first-order valence-corrected chi connectivity index (χ1v) is 5.83. The van der Waals surface area contributed by atoms with Crippen molar-refractivity contribution in [3.05, 3.63) is 29.8 Å². The molecule has 0 aromatic heterocycles. The highest BCUT2D eigenvalue weighted by Crippen LogP contribution is 2.23. The number of benzene rings is 1. The number of likely N-dealkylation sites (N-methyl/N-ethyl adjacent to an activating group) is 1. The summed E-state index contributed by atoms with van der Waals surface area (Å²) < 4.78 is 5.31. The number of carboxylic acid groups (broad SMARTS) is 2. The Kier molecular flexibility index (Phi) is 5.32. The van der Waals surface area contributed by atoms with Gasteiger partial charge in [-0.2, -0.15) is 0 Å². The topological polar surface area (TPSA) is 87.1 Å². The second-order valence-electron chi connectivity index (χ2n) is 4.06. The van der Waals surface area contributed by atoms with Gasteiger partial charge in [-0.15, -0.1) is 0 Å². The number of hydrogen-bond donors (Lipinski definition) is 2. The Morgan fingerprint density at radius 3 is 2.58 bits per heavy atom. The molecule has 2 N–H and O–H groups in total. The highest BCUT2D eigenvalue weighted by atomic mass is 16.5. The molecule has 0 aliphatic rings. The summed E-state index contributed by atoms with van der Waals surface area (Å²) in [7, 11) is 1.46. The van der Waals surface area contributed by atoms with Crippen LogP contribution in [-0.4, -0.2) is 47.3 Å². The molecule has 0 saturated heterocycles. The van der Waals surface area contributed by atoms with Gasteiger partial charge in [0.2, 0.25) is 0 Å². The third-order valence-corrected chi connectivity index (χ3v) is 2.54. The second kappa shape index (κ2) is 6.75. The molecule has 0 radical (unpaired) electrons.